The minimum absolute atomic E-state index is 0.0309. The topological polar surface area (TPSA) is 102 Å². The summed E-state index contributed by atoms with van der Waals surface area (Å²) in [4.78, 5) is 17.4. The number of rotatable bonds is 12. The van der Waals surface area contributed by atoms with Crippen molar-refractivity contribution in [3.63, 3.8) is 0 Å². The molecule has 12 heteroatoms. The minimum Gasteiger partial charge on any atom is -0.493 e. The quantitative estimate of drug-likeness (QED) is 0.243. The third-order valence-electron chi connectivity index (χ3n) is 9.10. The number of aliphatic hydroxyl groups is 1. The van der Waals surface area contributed by atoms with Crippen molar-refractivity contribution in [3.8, 4) is 28.5 Å². The molecular formula is C33H33F4N3O5. The number of nitrogens with one attached hydrogen (secondary N) is 2. The lowest BCUT2D eigenvalue weighted by molar-refractivity contribution is -0.265. The Morgan fingerprint density at radius 2 is 1.84 bits per heavy atom. The molecule has 3 N–H and O–H groups in total. The van der Waals surface area contributed by atoms with Crippen LogP contribution in [0.4, 0.5) is 17.6 Å². The molecule has 3 fully saturated rings. The zero-order chi connectivity index (χ0) is 31.6. The molecule has 1 aromatic heterocycles. The smallest absolute Gasteiger partial charge is 0.424 e. The fourth-order valence-corrected chi connectivity index (χ4v) is 5.91. The van der Waals surface area contributed by atoms with Crippen LogP contribution in [0.1, 0.15) is 53.7 Å². The number of carbonyl (C=O) groups excluding carboxylic acids is 1. The molecule has 8 nitrogen and oxygen atoms in total. The van der Waals surface area contributed by atoms with E-state index in [9.17, 15) is 27.5 Å². The van der Waals surface area contributed by atoms with E-state index >= 15 is 0 Å². The molecule has 3 aromatic rings. The van der Waals surface area contributed by atoms with Gasteiger partial charge in [-0.25, -0.2) is 9.37 Å². The maximum absolute atomic E-state index is 14.8. The predicted molar refractivity (Wildman–Crippen MR) is 155 cm³/mol. The number of hydrogen-bond donors (Lipinski definition) is 3. The van der Waals surface area contributed by atoms with Crippen LogP contribution in [0.2, 0.25) is 0 Å². The highest BCUT2D eigenvalue weighted by molar-refractivity contribution is 5.95. The van der Waals surface area contributed by atoms with Crippen molar-refractivity contribution >= 4 is 5.91 Å². The lowest BCUT2D eigenvalue weighted by atomic mass is 9.89. The molecular weight excluding hydrogens is 594 g/mol. The summed E-state index contributed by atoms with van der Waals surface area (Å²) < 4.78 is 75.5. The zero-order valence-corrected chi connectivity index (χ0v) is 24.5. The van der Waals surface area contributed by atoms with Gasteiger partial charge in [0.15, 0.2) is 11.5 Å². The average Bonchev–Trinajstić information content (AvgIpc) is 3.93. The largest absolute Gasteiger partial charge is 0.493 e. The summed E-state index contributed by atoms with van der Waals surface area (Å²) in [6.45, 7) is 0.102. The summed E-state index contributed by atoms with van der Waals surface area (Å²) in [5.41, 5.74) is -3.87. The van der Waals surface area contributed by atoms with Gasteiger partial charge in [-0.3, -0.25) is 4.79 Å². The van der Waals surface area contributed by atoms with Crippen LogP contribution in [0.3, 0.4) is 0 Å². The van der Waals surface area contributed by atoms with Gasteiger partial charge in [-0.1, -0.05) is 0 Å². The predicted octanol–water partition coefficient (Wildman–Crippen LogP) is 5.02. The van der Waals surface area contributed by atoms with Gasteiger partial charge in [-0.05, 0) is 93.1 Å². The molecule has 3 saturated carbocycles. The number of benzene rings is 2. The molecule has 3 atom stereocenters. The Labute approximate surface area is 257 Å². The number of aromatic nitrogens is 1. The Hall–Kier alpha value is -3.90. The van der Waals surface area contributed by atoms with E-state index in [1.165, 1.54) is 55.6 Å². The first-order chi connectivity index (χ1) is 21.5. The standard InChI is InChI=1S/C33H33F4N3O5/c1-43-25-12-20(6-11-24(25)44-22-9-10-22)30(41)39-17-32(42,33(35,36)37)26-13-23-29(28(40-26)19-4-7-21(34)8-5-19)45-27-14-31(23,27)16-38-15-18-2-3-18/h4-8,11-13,18,22,27,38,42H,2-3,9-10,14-17H2,1H3,(H,39,41)/t27?,31-,32?/m1/s1. The SMILES string of the molecule is COc1cc(C(=O)NCC(O)(c2cc3c(c(-c4ccc(F)cc4)n2)OC2C[C@@]32CNCC2CC2)C(F)(F)F)ccc1OC1CC1. The van der Waals surface area contributed by atoms with E-state index in [-0.39, 0.29) is 29.2 Å². The Balaban J connectivity index is 1.21. The molecule has 0 bridgehead atoms. The normalized spacial score (nSPS) is 22.9. The van der Waals surface area contributed by atoms with Crippen LogP contribution in [-0.2, 0) is 11.0 Å². The molecule has 3 aliphatic carbocycles. The fourth-order valence-electron chi connectivity index (χ4n) is 5.91. The number of hydrogen-bond acceptors (Lipinski definition) is 7. The number of carbonyl (C=O) groups is 1. The van der Waals surface area contributed by atoms with Crippen molar-refractivity contribution in [2.75, 3.05) is 26.7 Å². The third-order valence-corrected chi connectivity index (χ3v) is 9.10. The second-order valence-corrected chi connectivity index (χ2v) is 12.5. The average molecular weight is 628 g/mol. The number of ether oxygens (including phenoxy) is 3. The third kappa shape index (κ3) is 5.58. The molecule has 1 amide bonds. The monoisotopic (exact) mass is 627 g/mol. The van der Waals surface area contributed by atoms with Crippen LogP contribution in [-0.4, -0.2) is 61.1 Å². The number of methoxy groups -OCH3 is 1. The van der Waals surface area contributed by atoms with E-state index in [1.807, 2.05) is 0 Å². The first kappa shape index (κ1) is 29.8. The van der Waals surface area contributed by atoms with Crippen LogP contribution in [0.25, 0.3) is 11.3 Å². The molecule has 2 aromatic carbocycles. The summed E-state index contributed by atoms with van der Waals surface area (Å²) in [5, 5.41) is 17.1. The second-order valence-electron chi connectivity index (χ2n) is 12.5. The first-order valence-corrected chi connectivity index (χ1v) is 15.1. The van der Waals surface area contributed by atoms with Crippen molar-refractivity contribution in [2.45, 2.75) is 61.5 Å². The van der Waals surface area contributed by atoms with Gasteiger partial charge in [0.05, 0.1) is 30.9 Å². The molecule has 0 spiro atoms. The second kappa shape index (κ2) is 10.9. The van der Waals surface area contributed by atoms with Gasteiger partial charge in [0.25, 0.3) is 5.91 Å². The van der Waals surface area contributed by atoms with E-state index in [2.05, 4.69) is 15.6 Å². The summed E-state index contributed by atoms with van der Waals surface area (Å²) in [6, 6.07) is 10.8. The van der Waals surface area contributed by atoms with Crippen LogP contribution in [0.5, 0.6) is 17.2 Å². The van der Waals surface area contributed by atoms with E-state index < -0.39 is 41.2 Å². The van der Waals surface area contributed by atoms with Crippen molar-refractivity contribution in [1.82, 2.24) is 15.6 Å². The first-order valence-electron chi connectivity index (χ1n) is 15.1. The van der Waals surface area contributed by atoms with Crippen LogP contribution >= 0.6 is 0 Å². The Morgan fingerprint density at radius 1 is 1.09 bits per heavy atom. The highest BCUT2D eigenvalue weighted by Gasteiger charge is 2.65. The molecule has 7 rings (SSSR count). The number of pyridine rings is 1. The number of fused-ring (bicyclic) bond motifs is 3. The molecule has 0 saturated heterocycles. The van der Waals surface area contributed by atoms with Crippen LogP contribution in [0.15, 0.2) is 48.5 Å². The van der Waals surface area contributed by atoms with Crippen molar-refractivity contribution < 1.29 is 41.7 Å². The molecule has 1 aliphatic heterocycles. The molecule has 4 aliphatic rings. The van der Waals surface area contributed by atoms with Gasteiger partial charge in [-0.2, -0.15) is 13.2 Å². The minimum atomic E-state index is -5.22. The molecule has 238 valence electrons. The van der Waals surface area contributed by atoms with Crippen LogP contribution < -0.4 is 24.8 Å². The van der Waals surface area contributed by atoms with E-state index in [4.69, 9.17) is 14.2 Å². The lowest BCUT2D eigenvalue weighted by Crippen LogP contribution is -2.51. The van der Waals surface area contributed by atoms with E-state index in [0.717, 1.165) is 32.2 Å². The van der Waals surface area contributed by atoms with Crippen molar-refractivity contribution in [1.29, 1.82) is 0 Å². The lowest BCUT2D eigenvalue weighted by Gasteiger charge is -2.31. The Kier molecular flexibility index (Phi) is 7.20. The van der Waals surface area contributed by atoms with Gasteiger partial charge in [0.1, 0.15) is 23.4 Å². The van der Waals surface area contributed by atoms with Gasteiger partial charge in [0.2, 0.25) is 5.60 Å². The Morgan fingerprint density at radius 3 is 2.51 bits per heavy atom. The summed E-state index contributed by atoms with van der Waals surface area (Å²) in [6.07, 6.45) is -0.684. The summed E-state index contributed by atoms with van der Waals surface area (Å²) in [7, 11) is 1.40. The van der Waals surface area contributed by atoms with Crippen molar-refractivity contribution in [2.24, 2.45) is 5.92 Å². The highest BCUT2D eigenvalue weighted by atomic mass is 19.4. The number of alkyl halides is 3. The Bertz CT molecular complexity index is 1630. The van der Waals surface area contributed by atoms with Crippen LogP contribution in [0, 0.1) is 11.7 Å². The fraction of sp³-hybridized carbons (Fsp3) is 0.455. The molecule has 0 radical (unpaired) electrons. The van der Waals surface area contributed by atoms with Gasteiger partial charge in [0, 0.05) is 23.2 Å². The molecule has 2 heterocycles. The number of nitrogens with zero attached hydrogens (tertiary/aromatic N) is 1. The number of amides is 1. The highest BCUT2D eigenvalue weighted by Crippen LogP contribution is 2.61. The van der Waals surface area contributed by atoms with Crippen molar-refractivity contribution in [3.05, 3.63) is 71.2 Å². The zero-order valence-electron chi connectivity index (χ0n) is 24.5. The maximum Gasteiger partial charge on any atom is 0.424 e. The van der Waals surface area contributed by atoms with E-state index in [0.29, 0.717) is 41.5 Å². The van der Waals surface area contributed by atoms with Gasteiger partial charge < -0.3 is 30.0 Å². The number of halogens is 4. The summed E-state index contributed by atoms with van der Waals surface area (Å²) >= 11 is 0. The maximum atomic E-state index is 14.8. The van der Waals surface area contributed by atoms with Gasteiger partial charge >= 0.3 is 6.18 Å². The van der Waals surface area contributed by atoms with E-state index in [1.54, 1.807) is 0 Å². The summed E-state index contributed by atoms with van der Waals surface area (Å²) in [5.74, 6) is 0.257. The molecule has 45 heavy (non-hydrogen) atoms. The molecule has 2 unspecified atom stereocenters. The van der Waals surface area contributed by atoms with Gasteiger partial charge in [-0.15, -0.1) is 0 Å².